The van der Waals surface area contributed by atoms with Gasteiger partial charge in [-0.2, -0.15) is 0 Å². The van der Waals surface area contributed by atoms with Gasteiger partial charge < -0.3 is 9.73 Å². The molecule has 178 valence electrons. The molecule has 0 spiro atoms. The van der Waals surface area contributed by atoms with E-state index >= 15 is 0 Å². The number of nitro benzene ring substituents is 1. The van der Waals surface area contributed by atoms with Crippen molar-refractivity contribution in [2.24, 2.45) is 0 Å². The van der Waals surface area contributed by atoms with Gasteiger partial charge in [0.15, 0.2) is 17.5 Å². The summed E-state index contributed by atoms with van der Waals surface area (Å²) in [6, 6.07) is 10.1. The molecule has 9 nitrogen and oxygen atoms in total. The lowest BCUT2D eigenvalue weighted by atomic mass is 10.1. The van der Waals surface area contributed by atoms with Gasteiger partial charge in [-0.1, -0.05) is 0 Å². The van der Waals surface area contributed by atoms with Crippen LogP contribution in [-0.4, -0.2) is 33.4 Å². The summed E-state index contributed by atoms with van der Waals surface area (Å²) in [7, 11) is 0. The van der Waals surface area contributed by atoms with Crippen LogP contribution in [0, 0.1) is 27.6 Å². The van der Waals surface area contributed by atoms with E-state index in [2.05, 4.69) is 0 Å². The quantitative estimate of drug-likeness (QED) is 0.219. The fraction of sp³-hybridized carbons (Fsp3) is 0.0455. The van der Waals surface area contributed by atoms with E-state index < -0.39 is 51.7 Å². The Hall–Kier alpha value is -4.39. The highest BCUT2D eigenvalue weighted by atomic mass is 32.2. The third kappa shape index (κ3) is 4.94. The first-order chi connectivity index (χ1) is 16.6. The Morgan fingerprint density at radius 3 is 2.46 bits per heavy atom. The van der Waals surface area contributed by atoms with E-state index in [4.69, 9.17) is 4.42 Å². The van der Waals surface area contributed by atoms with E-state index in [0.29, 0.717) is 34.1 Å². The van der Waals surface area contributed by atoms with Crippen LogP contribution in [0.3, 0.4) is 0 Å². The number of carbonyl (C=O) groups excluding carboxylic acids is 3. The number of nitrogens with zero attached hydrogens (tertiary/aromatic N) is 2. The SMILES string of the molecule is O=C(CN1C(=O)S/C(=C/c2ccc(-c3ccc([N+](=O)[O-])cc3)o2)C1=O)Nc1ccc(F)c(F)c1F. The maximum Gasteiger partial charge on any atom is 0.294 e. The molecule has 0 saturated carbocycles. The van der Waals surface area contributed by atoms with Crippen LogP contribution in [-0.2, 0) is 9.59 Å². The average molecular weight is 503 g/mol. The Bertz CT molecular complexity index is 1400. The first-order valence-corrected chi connectivity index (χ1v) is 10.5. The van der Waals surface area contributed by atoms with Crippen LogP contribution in [0.2, 0.25) is 0 Å². The van der Waals surface area contributed by atoms with E-state index in [0.717, 1.165) is 6.07 Å². The molecule has 4 rings (SSSR count). The molecule has 1 aromatic heterocycles. The highest BCUT2D eigenvalue weighted by Crippen LogP contribution is 2.33. The van der Waals surface area contributed by atoms with Gasteiger partial charge in [0.1, 0.15) is 18.1 Å². The molecule has 0 bridgehead atoms. The molecule has 1 fully saturated rings. The molecule has 0 unspecified atom stereocenters. The molecule has 0 aliphatic carbocycles. The summed E-state index contributed by atoms with van der Waals surface area (Å²) in [6.07, 6.45) is 1.28. The number of anilines is 1. The molecule has 0 radical (unpaired) electrons. The van der Waals surface area contributed by atoms with E-state index in [1.54, 1.807) is 6.07 Å². The molecule has 3 aromatic rings. The Morgan fingerprint density at radius 2 is 1.77 bits per heavy atom. The van der Waals surface area contributed by atoms with Crippen molar-refractivity contribution in [1.82, 2.24) is 4.90 Å². The van der Waals surface area contributed by atoms with Gasteiger partial charge in [-0.05, 0) is 48.2 Å². The van der Waals surface area contributed by atoms with Gasteiger partial charge in [-0.25, -0.2) is 13.2 Å². The minimum Gasteiger partial charge on any atom is -0.457 e. The molecule has 1 aliphatic heterocycles. The fourth-order valence-corrected chi connectivity index (χ4v) is 3.87. The third-order valence-corrected chi connectivity index (χ3v) is 5.65. The van der Waals surface area contributed by atoms with Crippen LogP contribution >= 0.6 is 11.8 Å². The molecule has 1 aliphatic rings. The van der Waals surface area contributed by atoms with Crippen molar-refractivity contribution in [2.75, 3.05) is 11.9 Å². The third-order valence-electron chi connectivity index (χ3n) is 4.75. The number of furan rings is 1. The number of rotatable bonds is 6. The zero-order chi connectivity index (χ0) is 25.3. The highest BCUT2D eigenvalue weighted by molar-refractivity contribution is 8.18. The Balaban J connectivity index is 1.45. The lowest BCUT2D eigenvalue weighted by Crippen LogP contribution is -2.36. The summed E-state index contributed by atoms with van der Waals surface area (Å²) in [4.78, 5) is 47.8. The predicted octanol–water partition coefficient (Wildman–Crippen LogP) is 4.95. The van der Waals surface area contributed by atoms with E-state index in [1.807, 2.05) is 5.32 Å². The molecule has 2 heterocycles. The van der Waals surface area contributed by atoms with Gasteiger partial charge in [0.05, 0.1) is 15.5 Å². The van der Waals surface area contributed by atoms with Crippen LogP contribution in [0.5, 0.6) is 0 Å². The molecular weight excluding hydrogens is 491 g/mol. The van der Waals surface area contributed by atoms with E-state index in [9.17, 15) is 37.7 Å². The second kappa shape index (κ2) is 9.46. The number of carbonyl (C=O) groups is 3. The average Bonchev–Trinajstić information content (AvgIpc) is 3.40. The number of amides is 3. The maximum absolute atomic E-state index is 13.7. The van der Waals surface area contributed by atoms with Crippen LogP contribution in [0.15, 0.2) is 57.9 Å². The Labute approximate surface area is 198 Å². The lowest BCUT2D eigenvalue weighted by Gasteiger charge is -2.13. The van der Waals surface area contributed by atoms with Crippen molar-refractivity contribution in [3.63, 3.8) is 0 Å². The summed E-state index contributed by atoms with van der Waals surface area (Å²) in [6.45, 7) is -0.785. The molecule has 35 heavy (non-hydrogen) atoms. The zero-order valence-electron chi connectivity index (χ0n) is 17.3. The van der Waals surface area contributed by atoms with E-state index in [1.165, 1.54) is 36.4 Å². The summed E-state index contributed by atoms with van der Waals surface area (Å²) in [5, 5.41) is 12.0. The van der Waals surface area contributed by atoms with Gasteiger partial charge >= 0.3 is 0 Å². The summed E-state index contributed by atoms with van der Waals surface area (Å²) < 4.78 is 45.7. The largest absolute Gasteiger partial charge is 0.457 e. The van der Waals surface area contributed by atoms with Crippen molar-refractivity contribution >= 4 is 46.3 Å². The lowest BCUT2D eigenvalue weighted by molar-refractivity contribution is -0.384. The molecule has 1 N–H and O–H groups in total. The number of non-ortho nitro benzene ring substituents is 1. The Kier molecular flexibility index (Phi) is 6.42. The summed E-state index contributed by atoms with van der Waals surface area (Å²) >= 11 is 0.543. The molecule has 0 atom stereocenters. The minimum absolute atomic E-state index is 0.0496. The van der Waals surface area contributed by atoms with Gasteiger partial charge in [0.2, 0.25) is 5.91 Å². The fourth-order valence-electron chi connectivity index (χ4n) is 3.05. The number of nitro groups is 1. The molecular formula is C22H12F3N3O6S. The van der Waals surface area contributed by atoms with Crippen LogP contribution < -0.4 is 5.32 Å². The molecule has 13 heteroatoms. The molecule has 1 saturated heterocycles. The second-order valence-corrected chi connectivity index (χ2v) is 8.04. The number of halogens is 3. The standard InChI is InChI=1S/C22H12F3N3O6S/c23-14-6-7-15(20(25)19(14)24)26-18(29)10-27-21(30)17(35-22(27)31)9-13-5-8-16(34-13)11-1-3-12(4-2-11)28(32)33/h1-9H,10H2,(H,26,29)/b17-9+. The van der Waals surface area contributed by atoms with Crippen molar-refractivity contribution < 1.29 is 36.9 Å². The number of thioether (sulfide) groups is 1. The first kappa shape index (κ1) is 23.8. The monoisotopic (exact) mass is 503 g/mol. The van der Waals surface area contributed by atoms with Crippen LogP contribution in [0.1, 0.15) is 5.76 Å². The van der Waals surface area contributed by atoms with Gasteiger partial charge in [0.25, 0.3) is 16.8 Å². The van der Waals surface area contributed by atoms with Crippen molar-refractivity contribution in [3.05, 3.63) is 86.8 Å². The number of nitrogens with one attached hydrogen (secondary N) is 1. The Morgan fingerprint density at radius 1 is 1.06 bits per heavy atom. The number of imide groups is 1. The summed E-state index contributed by atoms with van der Waals surface area (Å²) in [5.74, 6) is -6.08. The van der Waals surface area contributed by atoms with Gasteiger partial charge in [0, 0.05) is 23.8 Å². The van der Waals surface area contributed by atoms with Crippen molar-refractivity contribution in [1.29, 1.82) is 0 Å². The molecule has 2 aromatic carbocycles. The summed E-state index contributed by atoms with van der Waals surface area (Å²) in [5.41, 5.74) is -0.194. The van der Waals surface area contributed by atoms with Crippen molar-refractivity contribution in [2.45, 2.75) is 0 Å². The number of hydrogen-bond acceptors (Lipinski definition) is 7. The van der Waals surface area contributed by atoms with Gasteiger partial charge in [-0.3, -0.25) is 29.4 Å². The molecule has 3 amide bonds. The van der Waals surface area contributed by atoms with Gasteiger partial charge in [-0.15, -0.1) is 0 Å². The normalized spacial score (nSPS) is 14.6. The number of benzene rings is 2. The zero-order valence-corrected chi connectivity index (χ0v) is 18.1. The second-order valence-electron chi connectivity index (χ2n) is 7.04. The smallest absolute Gasteiger partial charge is 0.294 e. The predicted molar refractivity (Wildman–Crippen MR) is 118 cm³/mol. The van der Waals surface area contributed by atoms with E-state index in [-0.39, 0.29) is 16.4 Å². The topological polar surface area (TPSA) is 123 Å². The highest BCUT2D eigenvalue weighted by Gasteiger charge is 2.36. The van der Waals surface area contributed by atoms with Crippen molar-refractivity contribution in [3.8, 4) is 11.3 Å². The van der Waals surface area contributed by atoms with Crippen LogP contribution in [0.4, 0.5) is 29.3 Å². The number of hydrogen-bond donors (Lipinski definition) is 1. The minimum atomic E-state index is -1.77. The first-order valence-electron chi connectivity index (χ1n) is 9.67. The maximum atomic E-state index is 13.7. The van der Waals surface area contributed by atoms with Crippen LogP contribution in [0.25, 0.3) is 17.4 Å².